The molecular formula is C16H13ClN2O2S. The van der Waals surface area contributed by atoms with Crippen molar-refractivity contribution in [2.24, 2.45) is 0 Å². The molecule has 0 N–H and O–H groups in total. The molecule has 4 nitrogen and oxygen atoms in total. The summed E-state index contributed by atoms with van der Waals surface area (Å²) in [6, 6.07) is 6.98. The Balaban J connectivity index is 2.66. The molecule has 2 aromatic heterocycles. The number of thioether (sulfide) groups is 1. The lowest BCUT2D eigenvalue weighted by atomic mass is 10.1. The standard InChI is InChI=1S/C16H13ClN2O2S/c1-9-3-4-10-13(15(9)22-2)19(7-8-20)16-11(14(10)21)5-6-12(17)18-16/h3-6,8H,7H2,1-2H3. The van der Waals surface area contributed by atoms with Gasteiger partial charge in [-0.2, -0.15) is 0 Å². The van der Waals surface area contributed by atoms with E-state index < -0.39 is 0 Å². The zero-order chi connectivity index (χ0) is 15.9. The van der Waals surface area contributed by atoms with Crippen LogP contribution in [0.3, 0.4) is 0 Å². The van der Waals surface area contributed by atoms with E-state index in [1.54, 1.807) is 28.5 Å². The van der Waals surface area contributed by atoms with Crippen LogP contribution in [0.2, 0.25) is 5.15 Å². The minimum absolute atomic E-state index is 0.0911. The van der Waals surface area contributed by atoms with Gasteiger partial charge in [0.05, 0.1) is 17.4 Å². The highest BCUT2D eigenvalue weighted by Crippen LogP contribution is 2.30. The fourth-order valence-corrected chi connectivity index (χ4v) is 3.64. The van der Waals surface area contributed by atoms with Crippen molar-refractivity contribution < 1.29 is 4.79 Å². The lowest BCUT2D eigenvalue weighted by Gasteiger charge is -2.16. The van der Waals surface area contributed by atoms with Gasteiger partial charge in [0.1, 0.15) is 17.1 Å². The van der Waals surface area contributed by atoms with Gasteiger partial charge >= 0.3 is 0 Å². The van der Waals surface area contributed by atoms with Crippen molar-refractivity contribution in [1.82, 2.24) is 9.55 Å². The summed E-state index contributed by atoms with van der Waals surface area (Å²) in [7, 11) is 0. The number of fused-ring (bicyclic) bond motifs is 2. The number of aldehydes is 1. The predicted octanol–water partition coefficient (Wildman–Crippen LogP) is 3.43. The Hall–Kier alpha value is -1.85. The molecule has 0 aliphatic heterocycles. The minimum Gasteiger partial charge on any atom is -0.317 e. The summed E-state index contributed by atoms with van der Waals surface area (Å²) in [5, 5.41) is 1.35. The summed E-state index contributed by atoms with van der Waals surface area (Å²) in [4.78, 5) is 29.1. The van der Waals surface area contributed by atoms with E-state index in [-0.39, 0.29) is 12.0 Å². The highest BCUT2D eigenvalue weighted by Gasteiger charge is 2.16. The van der Waals surface area contributed by atoms with Crippen molar-refractivity contribution in [3.8, 4) is 0 Å². The Labute approximate surface area is 136 Å². The Morgan fingerprint density at radius 3 is 2.68 bits per heavy atom. The Morgan fingerprint density at radius 1 is 1.27 bits per heavy atom. The molecule has 0 spiro atoms. The summed E-state index contributed by atoms with van der Waals surface area (Å²) in [5.74, 6) is 0. The van der Waals surface area contributed by atoms with Crippen LogP contribution in [0.5, 0.6) is 0 Å². The number of aromatic nitrogens is 2. The fraction of sp³-hybridized carbons (Fsp3) is 0.188. The van der Waals surface area contributed by atoms with E-state index in [0.29, 0.717) is 21.6 Å². The second kappa shape index (κ2) is 5.74. The molecular weight excluding hydrogens is 320 g/mol. The lowest BCUT2D eigenvalue weighted by Crippen LogP contribution is -2.14. The van der Waals surface area contributed by atoms with Crippen molar-refractivity contribution in [3.05, 3.63) is 45.2 Å². The molecule has 112 valence electrons. The van der Waals surface area contributed by atoms with Crippen LogP contribution in [-0.2, 0) is 11.3 Å². The Kier molecular flexibility index (Phi) is 3.93. The molecule has 0 saturated heterocycles. The monoisotopic (exact) mass is 332 g/mol. The summed E-state index contributed by atoms with van der Waals surface area (Å²) >= 11 is 7.53. The maximum absolute atomic E-state index is 12.7. The van der Waals surface area contributed by atoms with Gasteiger partial charge in [0.2, 0.25) is 0 Å². The first-order chi connectivity index (χ1) is 10.6. The smallest absolute Gasteiger partial charge is 0.198 e. The number of aryl methyl sites for hydroxylation is 1. The molecule has 2 heterocycles. The van der Waals surface area contributed by atoms with Crippen LogP contribution in [0.1, 0.15) is 5.56 Å². The number of hydrogen-bond acceptors (Lipinski definition) is 4. The number of carbonyl (C=O) groups excluding carboxylic acids is 1. The number of pyridine rings is 2. The topological polar surface area (TPSA) is 52.0 Å². The van der Waals surface area contributed by atoms with Crippen LogP contribution in [0, 0.1) is 6.92 Å². The van der Waals surface area contributed by atoms with E-state index >= 15 is 0 Å². The molecule has 3 rings (SSSR count). The summed E-state index contributed by atoms with van der Waals surface area (Å²) in [6.45, 7) is 2.11. The van der Waals surface area contributed by atoms with Gasteiger partial charge < -0.3 is 9.36 Å². The zero-order valence-corrected chi connectivity index (χ0v) is 13.7. The van der Waals surface area contributed by atoms with Gasteiger partial charge in [0.25, 0.3) is 0 Å². The van der Waals surface area contributed by atoms with Crippen LogP contribution < -0.4 is 5.43 Å². The highest BCUT2D eigenvalue weighted by atomic mass is 35.5. The van der Waals surface area contributed by atoms with E-state index in [9.17, 15) is 9.59 Å². The fourth-order valence-electron chi connectivity index (χ4n) is 2.69. The minimum atomic E-state index is -0.0911. The Morgan fingerprint density at radius 2 is 2.00 bits per heavy atom. The van der Waals surface area contributed by atoms with E-state index in [1.807, 2.05) is 25.3 Å². The number of halogens is 1. The SMILES string of the molecule is CSc1c(C)ccc2c(=O)c3ccc(Cl)nc3n(CC=O)c12. The molecule has 22 heavy (non-hydrogen) atoms. The number of hydrogen-bond donors (Lipinski definition) is 0. The normalized spacial score (nSPS) is 11.2. The summed E-state index contributed by atoms with van der Waals surface area (Å²) in [5.41, 5.74) is 2.15. The van der Waals surface area contributed by atoms with Crippen LogP contribution in [0.25, 0.3) is 21.9 Å². The molecule has 0 radical (unpaired) electrons. The van der Waals surface area contributed by atoms with Crippen molar-refractivity contribution in [2.75, 3.05) is 6.26 Å². The highest BCUT2D eigenvalue weighted by molar-refractivity contribution is 7.98. The molecule has 0 amide bonds. The number of nitrogens with zero attached hydrogens (tertiary/aromatic N) is 2. The van der Waals surface area contributed by atoms with Crippen molar-refractivity contribution >= 4 is 51.6 Å². The second-order valence-electron chi connectivity index (χ2n) is 4.92. The Bertz CT molecular complexity index is 966. The van der Waals surface area contributed by atoms with E-state index in [1.165, 1.54) is 0 Å². The average molecular weight is 333 g/mol. The van der Waals surface area contributed by atoms with Gasteiger partial charge in [0, 0.05) is 10.3 Å². The number of carbonyl (C=O) groups is 1. The first-order valence-electron chi connectivity index (χ1n) is 6.68. The van der Waals surface area contributed by atoms with Gasteiger partial charge in [-0.1, -0.05) is 17.7 Å². The van der Waals surface area contributed by atoms with Crippen LogP contribution in [0.15, 0.2) is 34.0 Å². The lowest BCUT2D eigenvalue weighted by molar-refractivity contribution is -0.108. The van der Waals surface area contributed by atoms with Gasteiger partial charge in [-0.25, -0.2) is 4.98 Å². The molecule has 0 aliphatic rings. The first-order valence-corrected chi connectivity index (χ1v) is 8.28. The molecule has 0 atom stereocenters. The number of rotatable bonds is 3. The van der Waals surface area contributed by atoms with E-state index in [0.717, 1.165) is 22.3 Å². The zero-order valence-electron chi connectivity index (χ0n) is 12.1. The largest absolute Gasteiger partial charge is 0.317 e. The molecule has 3 aromatic rings. The van der Waals surface area contributed by atoms with Crippen molar-refractivity contribution in [1.29, 1.82) is 0 Å². The van der Waals surface area contributed by atoms with Crippen LogP contribution >= 0.6 is 23.4 Å². The van der Waals surface area contributed by atoms with Crippen molar-refractivity contribution in [2.45, 2.75) is 18.4 Å². The van der Waals surface area contributed by atoms with Gasteiger partial charge in [-0.15, -0.1) is 11.8 Å². The third kappa shape index (κ3) is 2.21. The molecule has 0 fully saturated rings. The van der Waals surface area contributed by atoms with Gasteiger partial charge in [0.15, 0.2) is 5.43 Å². The van der Waals surface area contributed by atoms with Crippen LogP contribution in [-0.4, -0.2) is 22.1 Å². The summed E-state index contributed by atoms with van der Waals surface area (Å²) < 4.78 is 1.77. The second-order valence-corrected chi connectivity index (χ2v) is 6.13. The molecule has 0 unspecified atom stereocenters. The van der Waals surface area contributed by atoms with E-state index in [4.69, 9.17) is 11.6 Å². The van der Waals surface area contributed by atoms with Crippen molar-refractivity contribution in [3.63, 3.8) is 0 Å². The maximum Gasteiger partial charge on any atom is 0.198 e. The van der Waals surface area contributed by atoms with Crippen LogP contribution in [0.4, 0.5) is 0 Å². The molecule has 0 saturated carbocycles. The molecule has 0 bridgehead atoms. The molecule has 6 heteroatoms. The summed E-state index contributed by atoms with van der Waals surface area (Å²) in [6.07, 6.45) is 2.76. The molecule has 1 aromatic carbocycles. The third-order valence-electron chi connectivity index (χ3n) is 3.65. The predicted molar refractivity (Wildman–Crippen MR) is 91.1 cm³/mol. The van der Waals surface area contributed by atoms with E-state index in [2.05, 4.69) is 4.98 Å². The third-order valence-corrected chi connectivity index (χ3v) is 4.78. The first kappa shape index (κ1) is 15.1. The number of benzene rings is 1. The average Bonchev–Trinajstić information content (AvgIpc) is 2.51. The van der Waals surface area contributed by atoms with Gasteiger partial charge in [-0.05, 0) is 36.9 Å². The van der Waals surface area contributed by atoms with Gasteiger partial charge in [-0.3, -0.25) is 4.79 Å². The quantitative estimate of drug-likeness (QED) is 0.319. The molecule has 0 aliphatic carbocycles. The maximum atomic E-state index is 12.7.